The first-order valence-electron chi connectivity index (χ1n) is 3.32. The second-order valence-electron chi connectivity index (χ2n) is 2.16. The molecule has 1 N–H and O–H groups in total. The molecule has 0 aliphatic heterocycles. The van der Waals surface area contributed by atoms with Gasteiger partial charge in [0.2, 0.25) is 5.78 Å². The summed E-state index contributed by atoms with van der Waals surface area (Å²) < 4.78 is 4.89. The van der Waals surface area contributed by atoms with Gasteiger partial charge in [-0.05, 0) is 12.1 Å². The summed E-state index contributed by atoms with van der Waals surface area (Å²) in [5, 5.41) is 9.49. The molecule has 0 radical (unpaired) electrons. The van der Waals surface area contributed by atoms with Crippen LogP contribution in [0, 0.1) is 0 Å². The summed E-state index contributed by atoms with van der Waals surface area (Å²) in [5.74, 6) is -0.00218. The predicted molar refractivity (Wildman–Crippen MR) is 38.5 cm³/mol. The molecule has 60 valence electrons. The number of H-pyrrole nitrogens is 1. The highest BCUT2D eigenvalue weighted by Gasteiger charge is 2.13. The van der Waals surface area contributed by atoms with Gasteiger partial charge in [0.1, 0.15) is 0 Å². The molecule has 2 aromatic rings. The molecule has 2 heterocycles. The van der Waals surface area contributed by atoms with Crippen LogP contribution in [0.15, 0.2) is 29.0 Å². The number of carbonyl (C=O) groups excluding carboxylic acids is 1. The summed E-state index contributed by atoms with van der Waals surface area (Å²) in [6.45, 7) is 0. The van der Waals surface area contributed by atoms with Crippen LogP contribution in [0.25, 0.3) is 0 Å². The predicted octanol–water partition coefficient (Wildman–Crippen LogP) is 0.629. The lowest BCUT2D eigenvalue weighted by atomic mass is 10.2. The van der Waals surface area contributed by atoms with Crippen molar-refractivity contribution in [2.24, 2.45) is 0 Å². The van der Waals surface area contributed by atoms with Crippen LogP contribution in [0.2, 0.25) is 0 Å². The number of aromatic amines is 1. The minimum absolute atomic E-state index is 0.255. The highest BCUT2D eigenvalue weighted by atomic mass is 16.3. The summed E-state index contributed by atoms with van der Waals surface area (Å²) in [6.07, 6.45) is 2.79. The lowest BCUT2D eigenvalue weighted by Gasteiger charge is -1.87. The number of nitrogens with zero attached hydrogens (tertiary/aromatic N) is 2. The Morgan fingerprint density at radius 2 is 2.50 bits per heavy atom. The number of nitrogens with one attached hydrogen (secondary N) is 1. The number of rotatable bonds is 2. The quantitative estimate of drug-likeness (QED) is 0.659. The third kappa shape index (κ3) is 1.01. The molecule has 0 aliphatic rings. The third-order valence-corrected chi connectivity index (χ3v) is 1.39. The Morgan fingerprint density at radius 3 is 3.08 bits per heavy atom. The number of carbonyl (C=O) groups is 1. The molecule has 0 atom stereocenters. The molecule has 2 rings (SSSR count). The Balaban J connectivity index is 2.34. The fourth-order valence-electron chi connectivity index (χ4n) is 0.845. The van der Waals surface area contributed by atoms with Crippen molar-refractivity contribution in [3.05, 3.63) is 36.0 Å². The Morgan fingerprint density at radius 1 is 1.58 bits per heavy atom. The zero-order valence-corrected chi connectivity index (χ0v) is 6.02. The molecule has 0 fully saturated rings. The molecule has 0 aromatic carbocycles. The van der Waals surface area contributed by atoms with Gasteiger partial charge in [-0.3, -0.25) is 4.79 Å². The maximum atomic E-state index is 11.4. The van der Waals surface area contributed by atoms with Gasteiger partial charge in [-0.1, -0.05) is 0 Å². The Kier molecular flexibility index (Phi) is 1.48. The fraction of sp³-hybridized carbons (Fsp3) is 0. The van der Waals surface area contributed by atoms with Crippen molar-refractivity contribution in [1.82, 2.24) is 15.4 Å². The van der Waals surface area contributed by atoms with E-state index in [4.69, 9.17) is 4.42 Å². The Labute approximate surface area is 67.4 Å². The van der Waals surface area contributed by atoms with E-state index in [1.165, 1.54) is 12.5 Å². The maximum absolute atomic E-state index is 11.4. The number of ketones is 1. The summed E-state index contributed by atoms with van der Waals surface area (Å²) >= 11 is 0. The van der Waals surface area contributed by atoms with Crippen LogP contribution < -0.4 is 0 Å². The van der Waals surface area contributed by atoms with Crippen LogP contribution in [-0.4, -0.2) is 21.2 Å². The van der Waals surface area contributed by atoms with Gasteiger partial charge in [-0.15, -0.1) is 0 Å². The maximum Gasteiger partial charge on any atom is 0.249 e. The van der Waals surface area contributed by atoms with Gasteiger partial charge < -0.3 is 4.42 Å². The standard InChI is InChI=1S/C7H5N3O2/c11-7(5-4-8-10-9-5)6-2-1-3-12-6/h1-4H,(H,8,9,10). The van der Waals surface area contributed by atoms with Gasteiger partial charge in [0.05, 0.1) is 12.5 Å². The SMILES string of the molecule is O=C(c1cn[nH]n1)c1ccco1. The van der Waals surface area contributed by atoms with Gasteiger partial charge in [-0.25, -0.2) is 0 Å². The average molecular weight is 163 g/mol. The van der Waals surface area contributed by atoms with E-state index in [-0.39, 0.29) is 17.2 Å². The van der Waals surface area contributed by atoms with E-state index < -0.39 is 0 Å². The van der Waals surface area contributed by atoms with Crippen molar-refractivity contribution >= 4 is 5.78 Å². The Bertz CT molecular complexity index is 327. The van der Waals surface area contributed by atoms with Crippen molar-refractivity contribution in [3.8, 4) is 0 Å². The van der Waals surface area contributed by atoms with Crippen molar-refractivity contribution in [2.75, 3.05) is 0 Å². The second-order valence-corrected chi connectivity index (χ2v) is 2.16. The zero-order valence-electron chi connectivity index (χ0n) is 6.02. The molecular weight excluding hydrogens is 158 g/mol. The average Bonchev–Trinajstić information content (AvgIpc) is 2.77. The summed E-state index contributed by atoms with van der Waals surface area (Å²) in [4.78, 5) is 11.4. The number of aromatic nitrogens is 3. The van der Waals surface area contributed by atoms with Crippen LogP contribution in [-0.2, 0) is 0 Å². The zero-order chi connectivity index (χ0) is 8.39. The van der Waals surface area contributed by atoms with E-state index in [1.807, 2.05) is 0 Å². The third-order valence-electron chi connectivity index (χ3n) is 1.39. The smallest absolute Gasteiger partial charge is 0.249 e. The molecule has 5 heteroatoms. The molecule has 5 nitrogen and oxygen atoms in total. The fourth-order valence-corrected chi connectivity index (χ4v) is 0.845. The first-order valence-corrected chi connectivity index (χ1v) is 3.32. The molecular formula is C7H5N3O2. The van der Waals surface area contributed by atoms with Gasteiger partial charge in [0.15, 0.2) is 11.5 Å². The van der Waals surface area contributed by atoms with Gasteiger partial charge >= 0.3 is 0 Å². The van der Waals surface area contributed by atoms with E-state index in [0.29, 0.717) is 0 Å². The van der Waals surface area contributed by atoms with Gasteiger partial charge in [0, 0.05) is 0 Å². The lowest BCUT2D eigenvalue weighted by Crippen LogP contribution is -1.99. The van der Waals surface area contributed by atoms with Crippen LogP contribution in [0.1, 0.15) is 16.2 Å². The van der Waals surface area contributed by atoms with Crippen molar-refractivity contribution in [3.63, 3.8) is 0 Å². The molecule has 0 bridgehead atoms. The van der Waals surface area contributed by atoms with E-state index in [0.717, 1.165) is 0 Å². The summed E-state index contributed by atoms with van der Waals surface area (Å²) in [7, 11) is 0. The number of hydrogen-bond donors (Lipinski definition) is 1. The molecule has 12 heavy (non-hydrogen) atoms. The highest BCUT2D eigenvalue weighted by molar-refractivity contribution is 6.05. The molecule has 0 saturated heterocycles. The van der Waals surface area contributed by atoms with E-state index in [9.17, 15) is 4.79 Å². The van der Waals surface area contributed by atoms with Crippen LogP contribution in [0.4, 0.5) is 0 Å². The molecule has 0 spiro atoms. The number of hydrogen-bond acceptors (Lipinski definition) is 4. The molecule has 0 amide bonds. The van der Waals surface area contributed by atoms with E-state index >= 15 is 0 Å². The second kappa shape index (κ2) is 2.61. The van der Waals surface area contributed by atoms with E-state index in [1.54, 1.807) is 12.1 Å². The largest absolute Gasteiger partial charge is 0.461 e. The molecule has 0 aliphatic carbocycles. The Hall–Kier alpha value is -1.91. The van der Waals surface area contributed by atoms with E-state index in [2.05, 4.69) is 15.4 Å². The topological polar surface area (TPSA) is 71.8 Å². The highest BCUT2D eigenvalue weighted by Crippen LogP contribution is 2.05. The van der Waals surface area contributed by atoms with Crippen LogP contribution in [0.5, 0.6) is 0 Å². The minimum atomic E-state index is -0.270. The monoisotopic (exact) mass is 163 g/mol. The molecule has 0 unspecified atom stereocenters. The summed E-state index contributed by atoms with van der Waals surface area (Å²) in [6, 6.07) is 3.23. The number of furan rings is 1. The van der Waals surface area contributed by atoms with Crippen LogP contribution >= 0.6 is 0 Å². The van der Waals surface area contributed by atoms with Crippen molar-refractivity contribution in [1.29, 1.82) is 0 Å². The first-order chi connectivity index (χ1) is 5.88. The minimum Gasteiger partial charge on any atom is -0.461 e. The van der Waals surface area contributed by atoms with Gasteiger partial charge in [0.25, 0.3) is 0 Å². The lowest BCUT2D eigenvalue weighted by molar-refractivity contribution is 0.100. The first kappa shape index (κ1) is 6.78. The molecule has 0 saturated carbocycles. The van der Waals surface area contributed by atoms with Crippen LogP contribution in [0.3, 0.4) is 0 Å². The van der Waals surface area contributed by atoms with Crippen molar-refractivity contribution < 1.29 is 9.21 Å². The normalized spacial score (nSPS) is 10.0. The summed E-state index contributed by atoms with van der Waals surface area (Å²) in [5.41, 5.74) is 0.255. The molecule has 2 aromatic heterocycles. The van der Waals surface area contributed by atoms with Gasteiger partial charge in [-0.2, -0.15) is 15.4 Å². The van der Waals surface area contributed by atoms with Crippen molar-refractivity contribution in [2.45, 2.75) is 0 Å².